The van der Waals surface area contributed by atoms with Crippen LogP contribution in [0.1, 0.15) is 24.6 Å². The Morgan fingerprint density at radius 2 is 2.00 bits per heavy atom. The molecule has 0 aliphatic carbocycles. The molecule has 0 bridgehead atoms. The zero-order valence-corrected chi connectivity index (χ0v) is 12.8. The topological polar surface area (TPSA) is 36.4 Å². The van der Waals surface area contributed by atoms with Crippen molar-refractivity contribution in [3.8, 4) is 10.6 Å². The highest BCUT2D eigenvalue weighted by Gasteiger charge is 2.09. The van der Waals surface area contributed by atoms with E-state index < -0.39 is 0 Å². The van der Waals surface area contributed by atoms with Gasteiger partial charge < -0.3 is 5.11 Å². The van der Waals surface area contributed by atoms with Gasteiger partial charge in [-0.05, 0) is 13.0 Å². The van der Waals surface area contributed by atoms with Gasteiger partial charge in [0, 0.05) is 29.7 Å². The van der Waals surface area contributed by atoms with Gasteiger partial charge in [-0.25, -0.2) is 4.98 Å². The van der Waals surface area contributed by atoms with E-state index in [9.17, 15) is 0 Å². The van der Waals surface area contributed by atoms with Gasteiger partial charge in [0.15, 0.2) is 0 Å². The monoisotopic (exact) mass is 290 g/mol. The molecule has 20 heavy (non-hydrogen) atoms. The van der Waals surface area contributed by atoms with Gasteiger partial charge in [0.1, 0.15) is 5.01 Å². The summed E-state index contributed by atoms with van der Waals surface area (Å²) in [6.07, 6.45) is 4.31. The third kappa shape index (κ3) is 4.40. The van der Waals surface area contributed by atoms with Gasteiger partial charge in [-0.2, -0.15) is 0 Å². The molecule has 1 aromatic carbocycles. The normalized spacial score (nSPS) is 11.2. The summed E-state index contributed by atoms with van der Waals surface area (Å²) in [4.78, 5) is 8.06. The quantitative estimate of drug-likeness (QED) is 0.809. The highest BCUT2D eigenvalue weighted by molar-refractivity contribution is 7.15. The number of benzene rings is 1. The maximum atomic E-state index is 9.14. The Labute approximate surface area is 124 Å². The molecular weight excluding hydrogens is 268 g/mol. The first-order valence-electron chi connectivity index (χ1n) is 7.16. The first-order chi connectivity index (χ1) is 9.83. The highest BCUT2D eigenvalue weighted by atomic mass is 32.1. The Hall–Kier alpha value is -1.23. The van der Waals surface area contributed by atoms with E-state index in [4.69, 9.17) is 5.11 Å². The molecule has 0 radical (unpaired) electrons. The Kier molecular flexibility index (Phi) is 6.18. The molecule has 0 aliphatic rings. The lowest BCUT2D eigenvalue weighted by Gasteiger charge is -2.19. The van der Waals surface area contributed by atoms with E-state index in [1.807, 2.05) is 24.4 Å². The molecule has 0 amide bonds. The Balaban J connectivity index is 2.00. The number of unbranched alkanes of at least 4 members (excludes halogenated alkanes) is 1. The Morgan fingerprint density at radius 1 is 1.20 bits per heavy atom. The molecule has 1 heterocycles. The maximum absolute atomic E-state index is 9.14. The first kappa shape index (κ1) is 15.2. The van der Waals surface area contributed by atoms with Crippen LogP contribution in [0.15, 0.2) is 36.5 Å². The molecule has 3 nitrogen and oxygen atoms in total. The average molecular weight is 290 g/mol. The molecule has 0 aliphatic heterocycles. The smallest absolute Gasteiger partial charge is 0.123 e. The minimum Gasteiger partial charge on any atom is -0.395 e. The zero-order valence-electron chi connectivity index (χ0n) is 12.0. The number of nitrogens with zero attached hydrogens (tertiary/aromatic N) is 2. The average Bonchev–Trinajstić information content (AvgIpc) is 2.94. The Bertz CT molecular complexity index is 498. The fourth-order valence-electron chi connectivity index (χ4n) is 2.11. The van der Waals surface area contributed by atoms with Crippen molar-refractivity contribution in [1.82, 2.24) is 9.88 Å². The van der Waals surface area contributed by atoms with E-state index in [0.29, 0.717) is 0 Å². The van der Waals surface area contributed by atoms with Crippen LogP contribution in [-0.2, 0) is 6.54 Å². The van der Waals surface area contributed by atoms with Gasteiger partial charge in [-0.3, -0.25) is 4.90 Å². The van der Waals surface area contributed by atoms with Crippen LogP contribution in [0.4, 0.5) is 0 Å². The van der Waals surface area contributed by atoms with E-state index in [1.165, 1.54) is 23.3 Å². The third-order valence-electron chi connectivity index (χ3n) is 3.20. The van der Waals surface area contributed by atoms with Crippen molar-refractivity contribution >= 4 is 11.3 Å². The van der Waals surface area contributed by atoms with Crippen LogP contribution < -0.4 is 0 Å². The van der Waals surface area contributed by atoms with Crippen molar-refractivity contribution in [2.75, 3.05) is 19.7 Å². The first-order valence-corrected chi connectivity index (χ1v) is 7.98. The molecule has 0 saturated heterocycles. The van der Waals surface area contributed by atoms with E-state index in [2.05, 4.69) is 28.9 Å². The molecule has 0 atom stereocenters. The maximum Gasteiger partial charge on any atom is 0.123 e. The van der Waals surface area contributed by atoms with Gasteiger partial charge >= 0.3 is 0 Å². The molecule has 0 spiro atoms. The van der Waals surface area contributed by atoms with Crippen LogP contribution in [0.25, 0.3) is 10.6 Å². The molecule has 0 unspecified atom stereocenters. The fourth-order valence-corrected chi connectivity index (χ4v) is 3.07. The van der Waals surface area contributed by atoms with Gasteiger partial charge in [-0.1, -0.05) is 43.7 Å². The lowest BCUT2D eigenvalue weighted by molar-refractivity contribution is 0.189. The second-order valence-corrected chi connectivity index (χ2v) is 5.97. The van der Waals surface area contributed by atoms with Crippen molar-refractivity contribution in [3.63, 3.8) is 0 Å². The number of aromatic nitrogens is 1. The van der Waals surface area contributed by atoms with E-state index in [1.54, 1.807) is 11.3 Å². The van der Waals surface area contributed by atoms with Crippen LogP contribution in [0.3, 0.4) is 0 Å². The molecule has 1 aromatic heterocycles. The van der Waals surface area contributed by atoms with Crippen LogP contribution in [0.2, 0.25) is 0 Å². The van der Waals surface area contributed by atoms with Crippen LogP contribution >= 0.6 is 11.3 Å². The standard InChI is InChI=1S/C16H22N2OS/c1-2-3-9-18(10-11-19)13-15-12-17-16(20-15)14-7-5-4-6-8-14/h4-8,12,19H,2-3,9-11,13H2,1H3. The Morgan fingerprint density at radius 3 is 2.70 bits per heavy atom. The largest absolute Gasteiger partial charge is 0.395 e. The van der Waals surface area contributed by atoms with Gasteiger partial charge in [-0.15, -0.1) is 11.3 Å². The van der Waals surface area contributed by atoms with Gasteiger partial charge in [0.25, 0.3) is 0 Å². The number of aliphatic hydroxyl groups is 1. The molecule has 2 rings (SSSR count). The summed E-state index contributed by atoms with van der Waals surface area (Å²) in [5.74, 6) is 0. The minimum absolute atomic E-state index is 0.216. The molecule has 2 aromatic rings. The lowest BCUT2D eigenvalue weighted by atomic mass is 10.2. The van der Waals surface area contributed by atoms with Gasteiger partial charge in [0.05, 0.1) is 6.61 Å². The van der Waals surface area contributed by atoms with Crippen LogP contribution in [-0.4, -0.2) is 34.7 Å². The number of rotatable bonds is 8. The number of hydrogen-bond acceptors (Lipinski definition) is 4. The van der Waals surface area contributed by atoms with Crippen molar-refractivity contribution in [1.29, 1.82) is 0 Å². The highest BCUT2D eigenvalue weighted by Crippen LogP contribution is 2.25. The van der Waals surface area contributed by atoms with Crippen LogP contribution in [0.5, 0.6) is 0 Å². The number of aliphatic hydroxyl groups excluding tert-OH is 1. The molecule has 1 N–H and O–H groups in total. The second kappa shape index (κ2) is 8.15. The molecule has 108 valence electrons. The molecule has 0 fully saturated rings. The van der Waals surface area contributed by atoms with Crippen molar-refractivity contribution in [3.05, 3.63) is 41.4 Å². The molecule has 4 heteroatoms. The summed E-state index contributed by atoms with van der Waals surface area (Å²) < 4.78 is 0. The summed E-state index contributed by atoms with van der Waals surface area (Å²) in [5, 5.41) is 10.2. The SMILES string of the molecule is CCCCN(CCO)Cc1cnc(-c2ccccc2)s1. The number of hydrogen-bond donors (Lipinski definition) is 1. The summed E-state index contributed by atoms with van der Waals surface area (Å²) in [7, 11) is 0. The predicted octanol–water partition coefficient (Wildman–Crippen LogP) is 3.40. The van der Waals surface area contributed by atoms with E-state index in [-0.39, 0.29) is 6.61 Å². The lowest BCUT2D eigenvalue weighted by Crippen LogP contribution is -2.27. The summed E-state index contributed by atoms with van der Waals surface area (Å²) >= 11 is 1.74. The fraction of sp³-hybridized carbons (Fsp3) is 0.438. The molecule has 0 saturated carbocycles. The summed E-state index contributed by atoms with van der Waals surface area (Å²) in [6.45, 7) is 5.06. The number of thiazole rings is 1. The van der Waals surface area contributed by atoms with Crippen molar-refractivity contribution < 1.29 is 5.11 Å². The van der Waals surface area contributed by atoms with Crippen molar-refractivity contribution in [2.24, 2.45) is 0 Å². The zero-order chi connectivity index (χ0) is 14.2. The minimum atomic E-state index is 0.216. The molecular formula is C16H22N2OS. The van der Waals surface area contributed by atoms with E-state index in [0.717, 1.165) is 24.6 Å². The van der Waals surface area contributed by atoms with Gasteiger partial charge in [0.2, 0.25) is 0 Å². The predicted molar refractivity (Wildman–Crippen MR) is 84.8 cm³/mol. The van der Waals surface area contributed by atoms with Crippen LogP contribution in [0, 0.1) is 0 Å². The third-order valence-corrected chi connectivity index (χ3v) is 4.23. The second-order valence-electron chi connectivity index (χ2n) is 4.85. The van der Waals surface area contributed by atoms with E-state index >= 15 is 0 Å². The summed E-state index contributed by atoms with van der Waals surface area (Å²) in [5.41, 5.74) is 1.17. The van der Waals surface area contributed by atoms with Crippen molar-refractivity contribution in [2.45, 2.75) is 26.3 Å². The summed E-state index contributed by atoms with van der Waals surface area (Å²) in [6, 6.07) is 10.3.